The average Bonchev–Trinajstić information content (AvgIpc) is 2.76. The van der Waals surface area contributed by atoms with E-state index in [1.165, 1.54) is 12.1 Å². The molecule has 0 aliphatic carbocycles. The van der Waals surface area contributed by atoms with E-state index in [0.29, 0.717) is 34.7 Å². The van der Waals surface area contributed by atoms with Gasteiger partial charge in [-0.25, -0.2) is 9.18 Å². The standard InChI is InChI=1S/C23H19Cl3FN3O/c24-16-7-5-15(6-8-16)22-14-29(23(31)28-20-4-2-1-3-19(20)27)11-12-30(22)21-10-9-17(25)13-18(21)26/h1-10,13,22H,11-12,14H2,(H,28,31). The number of amides is 2. The number of carbonyl (C=O) groups excluding carboxylic acids is 1. The largest absolute Gasteiger partial charge is 0.360 e. The van der Waals surface area contributed by atoms with Crippen LogP contribution in [0.4, 0.5) is 20.6 Å². The van der Waals surface area contributed by atoms with Crippen LogP contribution in [-0.4, -0.2) is 30.6 Å². The lowest BCUT2D eigenvalue weighted by Crippen LogP contribution is -2.52. The quantitative estimate of drug-likeness (QED) is 0.445. The van der Waals surface area contributed by atoms with Gasteiger partial charge in [0, 0.05) is 29.7 Å². The van der Waals surface area contributed by atoms with Gasteiger partial charge in [-0.3, -0.25) is 0 Å². The summed E-state index contributed by atoms with van der Waals surface area (Å²) in [6.07, 6.45) is 0. The second kappa shape index (κ2) is 9.35. The summed E-state index contributed by atoms with van der Waals surface area (Å²) in [6.45, 7) is 1.38. The molecule has 0 aromatic heterocycles. The molecule has 8 heteroatoms. The number of rotatable bonds is 3. The third-order valence-corrected chi connectivity index (χ3v) is 6.05. The fraction of sp³-hybridized carbons (Fsp3) is 0.174. The van der Waals surface area contributed by atoms with Crippen molar-refractivity contribution in [3.05, 3.63) is 93.2 Å². The first-order valence-corrected chi connectivity index (χ1v) is 10.8. The van der Waals surface area contributed by atoms with E-state index in [1.54, 1.807) is 29.2 Å². The predicted molar refractivity (Wildman–Crippen MR) is 125 cm³/mol. The Balaban J connectivity index is 1.61. The number of hydrogen-bond acceptors (Lipinski definition) is 2. The first-order valence-electron chi connectivity index (χ1n) is 9.70. The number of anilines is 2. The highest BCUT2D eigenvalue weighted by Crippen LogP contribution is 2.37. The number of carbonyl (C=O) groups is 1. The number of benzene rings is 3. The van der Waals surface area contributed by atoms with E-state index < -0.39 is 5.82 Å². The lowest BCUT2D eigenvalue weighted by Gasteiger charge is -2.43. The maximum absolute atomic E-state index is 14.0. The first-order chi connectivity index (χ1) is 14.9. The molecule has 0 spiro atoms. The number of nitrogens with one attached hydrogen (secondary N) is 1. The van der Waals surface area contributed by atoms with Gasteiger partial charge in [-0.05, 0) is 48.0 Å². The van der Waals surface area contributed by atoms with Gasteiger partial charge in [0.2, 0.25) is 0 Å². The molecule has 1 atom stereocenters. The molecule has 160 valence electrons. The highest BCUT2D eigenvalue weighted by atomic mass is 35.5. The normalized spacial score (nSPS) is 16.3. The molecule has 0 saturated carbocycles. The average molecular weight is 479 g/mol. The summed E-state index contributed by atoms with van der Waals surface area (Å²) in [5.41, 5.74) is 1.97. The molecule has 1 fully saturated rings. The molecular formula is C23H19Cl3FN3O. The Morgan fingerprint density at radius 1 is 0.935 bits per heavy atom. The molecule has 1 N–H and O–H groups in total. The molecule has 4 nitrogen and oxygen atoms in total. The maximum atomic E-state index is 14.0. The molecule has 0 radical (unpaired) electrons. The summed E-state index contributed by atoms with van der Waals surface area (Å²) in [6, 6.07) is 18.4. The zero-order chi connectivity index (χ0) is 22.0. The molecule has 2 amide bonds. The molecule has 31 heavy (non-hydrogen) atoms. The molecule has 1 aliphatic heterocycles. The van der Waals surface area contributed by atoms with Gasteiger partial charge in [-0.1, -0.05) is 59.1 Å². The summed E-state index contributed by atoms with van der Waals surface area (Å²) in [5, 5.41) is 4.39. The van der Waals surface area contributed by atoms with Crippen LogP contribution < -0.4 is 10.2 Å². The minimum Gasteiger partial charge on any atom is -0.360 e. The van der Waals surface area contributed by atoms with E-state index >= 15 is 0 Å². The van der Waals surface area contributed by atoms with Crippen LogP contribution in [0.1, 0.15) is 11.6 Å². The maximum Gasteiger partial charge on any atom is 0.322 e. The number of hydrogen-bond donors (Lipinski definition) is 1. The van der Waals surface area contributed by atoms with E-state index in [2.05, 4.69) is 10.2 Å². The lowest BCUT2D eigenvalue weighted by atomic mass is 10.0. The van der Waals surface area contributed by atoms with Gasteiger partial charge in [0.1, 0.15) is 5.82 Å². The van der Waals surface area contributed by atoms with Gasteiger partial charge < -0.3 is 15.1 Å². The van der Waals surface area contributed by atoms with E-state index in [0.717, 1.165) is 11.3 Å². The minimum absolute atomic E-state index is 0.152. The van der Waals surface area contributed by atoms with Gasteiger partial charge in [-0.15, -0.1) is 0 Å². The smallest absolute Gasteiger partial charge is 0.322 e. The van der Waals surface area contributed by atoms with E-state index in [1.807, 2.05) is 30.3 Å². The minimum atomic E-state index is -0.475. The molecule has 3 aromatic rings. The zero-order valence-electron chi connectivity index (χ0n) is 16.4. The summed E-state index contributed by atoms with van der Waals surface area (Å²) >= 11 is 18.6. The number of para-hydroxylation sites is 1. The molecule has 0 bridgehead atoms. The van der Waals surface area contributed by atoms with Crippen molar-refractivity contribution in [3.63, 3.8) is 0 Å². The van der Waals surface area contributed by atoms with Crippen LogP contribution in [0.15, 0.2) is 66.7 Å². The van der Waals surface area contributed by atoms with E-state index in [4.69, 9.17) is 34.8 Å². The second-order valence-corrected chi connectivity index (χ2v) is 8.49. The Kier molecular flexibility index (Phi) is 6.56. The van der Waals surface area contributed by atoms with Crippen molar-refractivity contribution >= 4 is 52.2 Å². The fourth-order valence-electron chi connectivity index (χ4n) is 3.70. The summed E-state index contributed by atoms with van der Waals surface area (Å²) in [5.74, 6) is -0.475. The predicted octanol–water partition coefficient (Wildman–Crippen LogP) is 6.88. The Labute approximate surface area is 195 Å². The monoisotopic (exact) mass is 477 g/mol. The van der Waals surface area contributed by atoms with Gasteiger partial charge in [-0.2, -0.15) is 0 Å². The third kappa shape index (κ3) is 4.90. The molecule has 4 rings (SSSR count). The third-order valence-electron chi connectivity index (χ3n) is 5.26. The lowest BCUT2D eigenvalue weighted by molar-refractivity contribution is 0.198. The first kappa shape index (κ1) is 21.8. The van der Waals surface area contributed by atoms with Crippen LogP contribution in [-0.2, 0) is 0 Å². The van der Waals surface area contributed by atoms with Crippen LogP contribution in [0.2, 0.25) is 15.1 Å². The topological polar surface area (TPSA) is 35.6 Å². The van der Waals surface area contributed by atoms with Crippen molar-refractivity contribution < 1.29 is 9.18 Å². The van der Waals surface area contributed by atoms with Crippen LogP contribution >= 0.6 is 34.8 Å². The Morgan fingerprint density at radius 2 is 1.65 bits per heavy atom. The Hall–Kier alpha value is -2.47. The fourth-order valence-corrected chi connectivity index (χ4v) is 4.34. The molecule has 1 unspecified atom stereocenters. The highest BCUT2D eigenvalue weighted by molar-refractivity contribution is 6.36. The molecule has 1 saturated heterocycles. The van der Waals surface area contributed by atoms with Gasteiger partial charge in [0.15, 0.2) is 0 Å². The van der Waals surface area contributed by atoms with Gasteiger partial charge in [0.25, 0.3) is 0 Å². The second-order valence-electron chi connectivity index (χ2n) is 7.21. The van der Waals surface area contributed by atoms with E-state index in [-0.39, 0.29) is 17.8 Å². The summed E-state index contributed by atoms with van der Waals surface area (Å²) in [7, 11) is 0. The van der Waals surface area contributed by atoms with Crippen LogP contribution in [0.3, 0.4) is 0 Å². The SMILES string of the molecule is O=C(Nc1ccccc1F)N1CCN(c2ccc(Cl)cc2Cl)C(c2ccc(Cl)cc2)C1. The molecule has 1 aliphatic rings. The van der Waals surface area contributed by atoms with Crippen molar-refractivity contribution in [1.82, 2.24) is 4.90 Å². The molecule has 1 heterocycles. The summed E-state index contributed by atoms with van der Waals surface area (Å²) < 4.78 is 14.0. The zero-order valence-corrected chi connectivity index (χ0v) is 18.6. The van der Waals surface area contributed by atoms with Crippen molar-refractivity contribution in [2.75, 3.05) is 29.9 Å². The molecular weight excluding hydrogens is 460 g/mol. The number of nitrogens with zero attached hydrogens (tertiary/aromatic N) is 2. The van der Waals surface area contributed by atoms with Crippen LogP contribution in [0, 0.1) is 5.82 Å². The van der Waals surface area contributed by atoms with Crippen molar-refractivity contribution in [2.45, 2.75) is 6.04 Å². The van der Waals surface area contributed by atoms with E-state index in [9.17, 15) is 9.18 Å². The van der Waals surface area contributed by atoms with Crippen molar-refractivity contribution in [3.8, 4) is 0 Å². The Morgan fingerprint density at radius 3 is 2.35 bits per heavy atom. The highest BCUT2D eigenvalue weighted by Gasteiger charge is 2.32. The van der Waals surface area contributed by atoms with Crippen LogP contribution in [0.25, 0.3) is 0 Å². The van der Waals surface area contributed by atoms with Crippen molar-refractivity contribution in [2.24, 2.45) is 0 Å². The number of piperazine rings is 1. The van der Waals surface area contributed by atoms with Gasteiger partial charge >= 0.3 is 6.03 Å². The van der Waals surface area contributed by atoms with Crippen molar-refractivity contribution in [1.29, 1.82) is 0 Å². The van der Waals surface area contributed by atoms with Gasteiger partial charge in [0.05, 0.1) is 22.4 Å². The number of urea groups is 1. The summed E-state index contributed by atoms with van der Waals surface area (Å²) in [4.78, 5) is 16.7. The molecule has 3 aromatic carbocycles. The van der Waals surface area contributed by atoms with Crippen LogP contribution in [0.5, 0.6) is 0 Å². The Bertz CT molecular complexity index is 1090. The number of halogens is 4.